The fourth-order valence-electron chi connectivity index (χ4n) is 2.48. The smallest absolute Gasteiger partial charge is 0.238 e. The van der Waals surface area contributed by atoms with Gasteiger partial charge in [-0.1, -0.05) is 12.1 Å². The Kier molecular flexibility index (Phi) is 6.91. The molecule has 0 aliphatic rings. The molecule has 2 aromatic rings. The fourth-order valence-corrected chi connectivity index (χ4v) is 2.48. The van der Waals surface area contributed by atoms with Gasteiger partial charge in [0.05, 0.1) is 20.8 Å². The van der Waals surface area contributed by atoms with Crippen LogP contribution in [0.15, 0.2) is 36.4 Å². The second kappa shape index (κ2) is 9.15. The largest absolute Gasteiger partial charge is 0.493 e. The van der Waals surface area contributed by atoms with Gasteiger partial charge in [-0.05, 0) is 43.3 Å². The molecule has 0 aliphatic carbocycles. The van der Waals surface area contributed by atoms with Crippen LogP contribution < -0.4 is 14.8 Å². The second-order valence-corrected chi connectivity index (χ2v) is 5.82. The zero-order chi connectivity index (χ0) is 19.1. The highest BCUT2D eigenvalue weighted by molar-refractivity contribution is 5.92. The van der Waals surface area contributed by atoms with E-state index in [1.165, 1.54) is 6.07 Å². The zero-order valence-corrected chi connectivity index (χ0v) is 15.0. The molecule has 0 aliphatic heterocycles. The number of ether oxygens (including phenoxy) is 2. The van der Waals surface area contributed by atoms with Crippen LogP contribution in [0.2, 0.25) is 0 Å². The predicted octanol–water partition coefficient (Wildman–Crippen LogP) is 3.10. The van der Waals surface area contributed by atoms with Gasteiger partial charge in [0.15, 0.2) is 11.5 Å². The number of methoxy groups -OCH3 is 2. The minimum absolute atomic E-state index is 0.0149. The quantitative estimate of drug-likeness (QED) is 0.782. The first kappa shape index (κ1) is 19.7. The molecule has 0 saturated carbocycles. The number of nitrogens with one attached hydrogen (secondary N) is 1. The number of hydrogen-bond donors (Lipinski definition) is 1. The molecule has 0 fully saturated rings. The summed E-state index contributed by atoms with van der Waals surface area (Å²) in [4.78, 5) is 13.8. The molecule has 0 aromatic heterocycles. The van der Waals surface area contributed by atoms with E-state index in [9.17, 15) is 13.6 Å². The molecule has 0 saturated heterocycles. The molecular weight excluding hydrogens is 342 g/mol. The van der Waals surface area contributed by atoms with Gasteiger partial charge in [-0.3, -0.25) is 9.69 Å². The molecule has 1 N–H and O–H groups in total. The van der Waals surface area contributed by atoms with Crippen molar-refractivity contribution in [1.82, 2.24) is 4.90 Å². The molecule has 0 atom stereocenters. The molecule has 0 heterocycles. The van der Waals surface area contributed by atoms with Gasteiger partial charge in [0.25, 0.3) is 0 Å². The lowest BCUT2D eigenvalue weighted by molar-refractivity contribution is -0.117. The first-order valence-electron chi connectivity index (χ1n) is 8.08. The normalized spacial score (nSPS) is 10.7. The van der Waals surface area contributed by atoms with Crippen molar-refractivity contribution in [3.05, 3.63) is 53.6 Å². The fraction of sp³-hybridized carbons (Fsp3) is 0.316. The van der Waals surface area contributed by atoms with E-state index in [2.05, 4.69) is 5.32 Å². The van der Waals surface area contributed by atoms with Crippen LogP contribution in [-0.4, -0.2) is 45.2 Å². The molecule has 2 aromatic carbocycles. The van der Waals surface area contributed by atoms with Crippen molar-refractivity contribution in [2.24, 2.45) is 0 Å². The molecule has 7 heteroatoms. The number of anilines is 1. The van der Waals surface area contributed by atoms with Crippen molar-refractivity contribution in [2.45, 2.75) is 6.42 Å². The summed E-state index contributed by atoms with van der Waals surface area (Å²) < 4.78 is 37.6. The van der Waals surface area contributed by atoms with Gasteiger partial charge in [-0.2, -0.15) is 0 Å². The predicted molar refractivity (Wildman–Crippen MR) is 95.7 cm³/mol. The second-order valence-electron chi connectivity index (χ2n) is 5.82. The summed E-state index contributed by atoms with van der Waals surface area (Å²) in [5, 5.41) is 2.27. The molecule has 140 valence electrons. The number of likely N-dealkylation sites (N-methyl/N-ethyl adjacent to an activating group) is 1. The van der Waals surface area contributed by atoms with Crippen molar-refractivity contribution >= 4 is 11.6 Å². The summed E-state index contributed by atoms with van der Waals surface area (Å²) >= 11 is 0. The van der Waals surface area contributed by atoms with Gasteiger partial charge in [0.1, 0.15) is 17.3 Å². The number of benzene rings is 2. The number of rotatable bonds is 8. The Morgan fingerprint density at radius 2 is 1.73 bits per heavy atom. The van der Waals surface area contributed by atoms with E-state index in [-0.39, 0.29) is 6.54 Å². The molecule has 0 bridgehead atoms. The van der Waals surface area contributed by atoms with E-state index >= 15 is 0 Å². The third-order valence-corrected chi connectivity index (χ3v) is 3.87. The topological polar surface area (TPSA) is 50.8 Å². The van der Waals surface area contributed by atoms with Crippen molar-refractivity contribution < 1.29 is 23.0 Å². The van der Waals surface area contributed by atoms with Crippen LogP contribution in [0, 0.1) is 11.6 Å². The van der Waals surface area contributed by atoms with Crippen molar-refractivity contribution in [2.75, 3.05) is 39.7 Å². The van der Waals surface area contributed by atoms with Crippen LogP contribution >= 0.6 is 0 Å². The summed E-state index contributed by atoms with van der Waals surface area (Å²) in [5.41, 5.74) is 0.598. The maximum Gasteiger partial charge on any atom is 0.238 e. The molecule has 26 heavy (non-hydrogen) atoms. The highest BCUT2D eigenvalue weighted by atomic mass is 19.1. The van der Waals surface area contributed by atoms with E-state index < -0.39 is 23.2 Å². The zero-order valence-electron chi connectivity index (χ0n) is 15.0. The number of nitrogens with zero attached hydrogens (tertiary/aromatic N) is 1. The summed E-state index contributed by atoms with van der Waals surface area (Å²) in [5.74, 6) is -0.794. The van der Waals surface area contributed by atoms with Crippen molar-refractivity contribution in [3.63, 3.8) is 0 Å². The lowest BCUT2D eigenvalue weighted by Crippen LogP contribution is -2.32. The molecule has 1 amide bonds. The van der Waals surface area contributed by atoms with Crippen LogP contribution in [-0.2, 0) is 11.2 Å². The van der Waals surface area contributed by atoms with Crippen LogP contribution in [0.4, 0.5) is 14.5 Å². The van der Waals surface area contributed by atoms with Gasteiger partial charge in [0, 0.05) is 6.54 Å². The molecule has 5 nitrogen and oxygen atoms in total. The number of hydrogen-bond acceptors (Lipinski definition) is 4. The number of amides is 1. The lowest BCUT2D eigenvalue weighted by Gasteiger charge is -2.17. The average Bonchev–Trinajstić information content (AvgIpc) is 2.62. The maximum atomic E-state index is 13.6. The van der Waals surface area contributed by atoms with Crippen LogP contribution in [0.3, 0.4) is 0 Å². The first-order valence-corrected chi connectivity index (χ1v) is 8.08. The summed E-state index contributed by atoms with van der Waals surface area (Å²) in [7, 11) is 4.90. The highest BCUT2D eigenvalue weighted by Crippen LogP contribution is 2.27. The van der Waals surface area contributed by atoms with Gasteiger partial charge >= 0.3 is 0 Å². The van der Waals surface area contributed by atoms with Crippen molar-refractivity contribution in [3.8, 4) is 11.5 Å². The summed E-state index contributed by atoms with van der Waals surface area (Å²) in [6.45, 7) is 0.601. The minimum Gasteiger partial charge on any atom is -0.493 e. The van der Waals surface area contributed by atoms with Gasteiger partial charge < -0.3 is 14.8 Å². The summed E-state index contributed by atoms with van der Waals surface area (Å²) in [6.07, 6.45) is 0.679. The van der Waals surface area contributed by atoms with E-state index in [1.54, 1.807) is 26.2 Å². The number of carbonyl (C=O) groups excluding carboxylic acids is 1. The maximum absolute atomic E-state index is 13.6. The highest BCUT2D eigenvalue weighted by Gasteiger charge is 2.13. The van der Waals surface area contributed by atoms with Crippen LogP contribution in [0.1, 0.15) is 5.56 Å². The standard InChI is InChI=1S/C19H22F2N2O3/c1-23(10-9-13-7-8-16(25-2)17(11-13)26-3)12-18(24)22-19-14(20)5-4-6-15(19)21/h4-8,11H,9-10,12H2,1-3H3,(H,22,24). The Morgan fingerprint density at radius 3 is 2.35 bits per heavy atom. The third kappa shape index (κ3) is 5.16. The summed E-state index contributed by atoms with van der Waals surface area (Å²) in [6, 6.07) is 9.06. The Bertz CT molecular complexity index is 748. The monoisotopic (exact) mass is 364 g/mol. The Morgan fingerprint density at radius 1 is 1.08 bits per heavy atom. The Labute approximate surface area is 151 Å². The number of halogens is 2. The molecule has 2 rings (SSSR count). The molecular formula is C19H22F2N2O3. The van der Waals surface area contributed by atoms with E-state index in [4.69, 9.17) is 9.47 Å². The number of para-hydroxylation sites is 1. The van der Waals surface area contributed by atoms with Gasteiger partial charge in [-0.25, -0.2) is 8.78 Å². The van der Waals surface area contributed by atoms with Gasteiger partial charge in [0.2, 0.25) is 5.91 Å². The minimum atomic E-state index is -0.800. The Hall–Kier alpha value is -2.67. The Balaban J connectivity index is 1.88. The molecule has 0 unspecified atom stereocenters. The van der Waals surface area contributed by atoms with Gasteiger partial charge in [-0.15, -0.1) is 0 Å². The lowest BCUT2D eigenvalue weighted by atomic mass is 10.1. The van der Waals surface area contributed by atoms with E-state index in [1.807, 2.05) is 18.2 Å². The van der Waals surface area contributed by atoms with Crippen molar-refractivity contribution in [1.29, 1.82) is 0 Å². The van der Waals surface area contributed by atoms with Crippen LogP contribution in [0.25, 0.3) is 0 Å². The molecule has 0 radical (unpaired) electrons. The van der Waals surface area contributed by atoms with Crippen LogP contribution in [0.5, 0.6) is 11.5 Å². The SMILES string of the molecule is COc1ccc(CCN(C)CC(=O)Nc2c(F)cccc2F)cc1OC. The third-order valence-electron chi connectivity index (χ3n) is 3.87. The number of carbonyl (C=O) groups is 1. The molecule has 0 spiro atoms. The first-order chi connectivity index (χ1) is 12.4. The van der Waals surface area contributed by atoms with E-state index in [0.29, 0.717) is 24.5 Å². The average molecular weight is 364 g/mol. The van der Waals surface area contributed by atoms with E-state index in [0.717, 1.165) is 17.7 Å².